The van der Waals surface area contributed by atoms with Crippen LogP contribution in [0.25, 0.3) is 0 Å². The van der Waals surface area contributed by atoms with Crippen molar-refractivity contribution in [2.75, 3.05) is 23.7 Å². The quantitative estimate of drug-likeness (QED) is 0.458. The maximum atomic E-state index is 13.6. The van der Waals surface area contributed by atoms with Gasteiger partial charge in [-0.05, 0) is 43.0 Å². The molecule has 1 atom stereocenters. The van der Waals surface area contributed by atoms with E-state index in [2.05, 4.69) is 5.32 Å². The van der Waals surface area contributed by atoms with E-state index in [1.54, 1.807) is 19.1 Å². The van der Waals surface area contributed by atoms with Crippen molar-refractivity contribution in [3.8, 4) is 0 Å². The zero-order valence-corrected chi connectivity index (χ0v) is 22.5. The summed E-state index contributed by atoms with van der Waals surface area (Å²) in [5, 5.41) is 2.81. The number of nitrogens with one attached hydrogen (secondary N) is 1. The fourth-order valence-corrected chi connectivity index (χ4v) is 4.52. The van der Waals surface area contributed by atoms with Crippen LogP contribution in [0.1, 0.15) is 43.9 Å². The van der Waals surface area contributed by atoms with Crippen LogP contribution in [0.4, 0.5) is 18.9 Å². The molecule has 37 heavy (non-hydrogen) atoms. The molecule has 0 aliphatic carbocycles. The molecule has 7 nitrogen and oxygen atoms in total. The number of aryl methyl sites for hydroxylation is 1. The van der Waals surface area contributed by atoms with Crippen LogP contribution in [0.3, 0.4) is 0 Å². The summed E-state index contributed by atoms with van der Waals surface area (Å²) >= 11 is 0. The highest BCUT2D eigenvalue weighted by Gasteiger charge is 2.34. The fourth-order valence-electron chi connectivity index (χ4n) is 3.68. The third-order valence-corrected chi connectivity index (χ3v) is 6.83. The second-order valence-electron chi connectivity index (χ2n) is 9.39. The number of alkyl halides is 3. The minimum Gasteiger partial charge on any atom is -0.354 e. The zero-order valence-electron chi connectivity index (χ0n) is 21.7. The van der Waals surface area contributed by atoms with Gasteiger partial charge in [-0.15, -0.1) is 0 Å². The van der Waals surface area contributed by atoms with Crippen molar-refractivity contribution in [2.45, 2.75) is 52.9 Å². The SMILES string of the molecule is CC[C@H](C(=O)NCC(C)C)N(Cc1ccc(C)cc1)C(=O)CN(c1cccc(C(F)(F)F)c1)S(C)(=O)=O. The third-order valence-electron chi connectivity index (χ3n) is 5.68. The minimum absolute atomic E-state index is 0.0207. The number of hydrogen-bond acceptors (Lipinski definition) is 4. The first-order chi connectivity index (χ1) is 17.1. The number of amides is 2. The van der Waals surface area contributed by atoms with Gasteiger partial charge in [-0.3, -0.25) is 13.9 Å². The number of carbonyl (C=O) groups excluding carboxylic acids is 2. The molecule has 2 amide bonds. The van der Waals surface area contributed by atoms with Crippen LogP contribution in [-0.4, -0.2) is 50.5 Å². The molecule has 0 spiro atoms. The molecule has 0 heterocycles. The van der Waals surface area contributed by atoms with E-state index in [9.17, 15) is 31.2 Å². The molecule has 0 aliphatic heterocycles. The fraction of sp³-hybridized carbons (Fsp3) is 0.462. The minimum atomic E-state index is -4.69. The van der Waals surface area contributed by atoms with Crippen LogP contribution in [0.15, 0.2) is 48.5 Å². The van der Waals surface area contributed by atoms with Crippen molar-refractivity contribution in [3.05, 3.63) is 65.2 Å². The Labute approximate surface area is 216 Å². The highest BCUT2D eigenvalue weighted by atomic mass is 32.2. The lowest BCUT2D eigenvalue weighted by atomic mass is 10.1. The lowest BCUT2D eigenvalue weighted by molar-refractivity contribution is -0.140. The van der Waals surface area contributed by atoms with Gasteiger partial charge in [0.05, 0.1) is 17.5 Å². The predicted molar refractivity (Wildman–Crippen MR) is 137 cm³/mol. The van der Waals surface area contributed by atoms with Crippen LogP contribution in [-0.2, 0) is 32.3 Å². The Morgan fingerprint density at radius 3 is 2.19 bits per heavy atom. The van der Waals surface area contributed by atoms with Crippen LogP contribution in [0, 0.1) is 12.8 Å². The summed E-state index contributed by atoms with van der Waals surface area (Å²) in [7, 11) is -4.14. The van der Waals surface area contributed by atoms with E-state index in [-0.39, 0.29) is 30.5 Å². The molecule has 0 radical (unpaired) electrons. The van der Waals surface area contributed by atoms with Gasteiger partial charge >= 0.3 is 6.18 Å². The van der Waals surface area contributed by atoms with Crippen molar-refractivity contribution in [1.29, 1.82) is 0 Å². The molecule has 2 aromatic carbocycles. The van der Waals surface area contributed by atoms with Crippen LogP contribution in [0.2, 0.25) is 0 Å². The summed E-state index contributed by atoms with van der Waals surface area (Å²) in [6.07, 6.45) is -3.62. The third kappa shape index (κ3) is 8.77. The Hall–Kier alpha value is -3.08. The van der Waals surface area contributed by atoms with Gasteiger partial charge in [0.25, 0.3) is 0 Å². The summed E-state index contributed by atoms with van der Waals surface area (Å²) < 4.78 is 65.6. The highest BCUT2D eigenvalue weighted by molar-refractivity contribution is 7.92. The molecular formula is C26H34F3N3O4S. The maximum absolute atomic E-state index is 13.6. The Morgan fingerprint density at radius 1 is 1.05 bits per heavy atom. The van der Waals surface area contributed by atoms with Gasteiger partial charge in [0, 0.05) is 13.1 Å². The van der Waals surface area contributed by atoms with Gasteiger partial charge in [-0.2, -0.15) is 13.2 Å². The summed E-state index contributed by atoms with van der Waals surface area (Å²) in [6.45, 7) is 7.13. The van der Waals surface area contributed by atoms with E-state index in [1.165, 1.54) is 11.0 Å². The Bertz CT molecular complexity index is 1180. The molecule has 0 aliphatic rings. The van der Waals surface area contributed by atoms with E-state index in [1.807, 2.05) is 32.9 Å². The smallest absolute Gasteiger partial charge is 0.354 e. The monoisotopic (exact) mass is 541 g/mol. The first kappa shape index (κ1) is 30.1. The van der Waals surface area contributed by atoms with Gasteiger partial charge in [0.1, 0.15) is 12.6 Å². The molecule has 2 rings (SSSR count). The number of halogens is 3. The average Bonchev–Trinajstić information content (AvgIpc) is 2.81. The number of carbonyl (C=O) groups is 2. The number of nitrogens with zero attached hydrogens (tertiary/aromatic N) is 2. The van der Waals surface area contributed by atoms with E-state index in [0.29, 0.717) is 16.9 Å². The number of rotatable bonds is 11. The average molecular weight is 542 g/mol. The van der Waals surface area contributed by atoms with E-state index >= 15 is 0 Å². The van der Waals surface area contributed by atoms with Crippen LogP contribution < -0.4 is 9.62 Å². The number of hydrogen-bond donors (Lipinski definition) is 1. The van der Waals surface area contributed by atoms with E-state index < -0.39 is 40.3 Å². The lowest BCUT2D eigenvalue weighted by Crippen LogP contribution is -2.52. The second-order valence-corrected chi connectivity index (χ2v) is 11.3. The molecule has 11 heteroatoms. The predicted octanol–water partition coefficient (Wildman–Crippen LogP) is 4.36. The number of sulfonamides is 1. The standard InChI is InChI=1S/C26H34F3N3O4S/c1-6-23(25(34)30-15-18(2)3)31(16-20-12-10-19(4)11-13-20)24(33)17-32(37(5,35)36)22-9-7-8-21(14-22)26(27,28)29/h7-14,18,23H,6,15-17H2,1-5H3,(H,30,34)/t23-/m1/s1. The maximum Gasteiger partial charge on any atom is 0.416 e. The van der Waals surface area contributed by atoms with E-state index in [0.717, 1.165) is 29.5 Å². The molecule has 0 unspecified atom stereocenters. The molecule has 0 bridgehead atoms. The lowest BCUT2D eigenvalue weighted by Gasteiger charge is -2.33. The van der Waals surface area contributed by atoms with Crippen LogP contribution >= 0.6 is 0 Å². The molecule has 0 saturated heterocycles. The number of benzene rings is 2. The Morgan fingerprint density at radius 2 is 1.68 bits per heavy atom. The van der Waals surface area contributed by atoms with Crippen LogP contribution in [0.5, 0.6) is 0 Å². The van der Waals surface area contributed by atoms with E-state index in [4.69, 9.17) is 0 Å². The van der Waals surface area contributed by atoms with Crippen molar-refractivity contribution >= 4 is 27.5 Å². The number of anilines is 1. The van der Waals surface area contributed by atoms with Gasteiger partial charge in [0.2, 0.25) is 21.8 Å². The first-order valence-corrected chi connectivity index (χ1v) is 13.8. The van der Waals surface area contributed by atoms with Gasteiger partial charge in [-0.1, -0.05) is 56.7 Å². The summed E-state index contributed by atoms with van der Waals surface area (Å²) in [5.41, 5.74) is 0.385. The molecule has 0 saturated carbocycles. The van der Waals surface area contributed by atoms with Gasteiger partial charge in [0.15, 0.2) is 0 Å². The largest absolute Gasteiger partial charge is 0.416 e. The molecule has 204 valence electrons. The molecule has 0 aromatic heterocycles. The highest BCUT2D eigenvalue weighted by Crippen LogP contribution is 2.32. The summed E-state index contributed by atoms with van der Waals surface area (Å²) in [5.74, 6) is -0.930. The van der Waals surface area contributed by atoms with Crippen molar-refractivity contribution in [3.63, 3.8) is 0 Å². The van der Waals surface area contributed by atoms with Gasteiger partial charge < -0.3 is 10.2 Å². The molecule has 0 fully saturated rings. The molecule has 1 N–H and O–H groups in total. The summed E-state index contributed by atoms with van der Waals surface area (Å²) in [6, 6.07) is 10.2. The van der Waals surface area contributed by atoms with Crippen molar-refractivity contribution in [2.24, 2.45) is 5.92 Å². The van der Waals surface area contributed by atoms with Gasteiger partial charge in [-0.25, -0.2) is 8.42 Å². The molecular weight excluding hydrogens is 507 g/mol. The van der Waals surface area contributed by atoms with Crippen molar-refractivity contribution in [1.82, 2.24) is 10.2 Å². The zero-order chi connectivity index (χ0) is 28.0. The Kier molecular flexibility index (Phi) is 10.1. The first-order valence-electron chi connectivity index (χ1n) is 11.9. The van der Waals surface area contributed by atoms with Crippen molar-refractivity contribution < 1.29 is 31.2 Å². The summed E-state index contributed by atoms with van der Waals surface area (Å²) in [4.78, 5) is 27.9. The molecule has 2 aromatic rings. The second kappa shape index (κ2) is 12.4. The topological polar surface area (TPSA) is 86.8 Å². The normalized spacial score (nSPS) is 12.8. The Balaban J connectivity index is 2.46.